The van der Waals surface area contributed by atoms with Crippen LogP contribution in [0.15, 0.2) is 45.9 Å². The predicted molar refractivity (Wildman–Crippen MR) is 120 cm³/mol. The highest BCUT2D eigenvalue weighted by Gasteiger charge is 2.34. The molecule has 1 aromatic heterocycles. The van der Waals surface area contributed by atoms with Gasteiger partial charge in [-0.2, -0.15) is 0 Å². The summed E-state index contributed by atoms with van der Waals surface area (Å²) in [6.07, 6.45) is 3.22. The second kappa shape index (κ2) is 10.9. The van der Waals surface area contributed by atoms with E-state index in [1.807, 2.05) is 6.07 Å². The molecule has 1 N–H and O–H groups in total. The fourth-order valence-electron chi connectivity index (χ4n) is 3.12. The lowest BCUT2D eigenvalue weighted by Gasteiger charge is -2.16. The van der Waals surface area contributed by atoms with Crippen molar-refractivity contribution in [1.82, 2.24) is 15.1 Å². The number of carbonyl (C=O) groups is 3. The fourth-order valence-corrected chi connectivity index (χ4v) is 3.98. The molecule has 2 heterocycles. The van der Waals surface area contributed by atoms with Gasteiger partial charge in [0, 0.05) is 13.1 Å². The Hall–Kier alpha value is -3.24. The SMILES string of the molecule is COc1ccc(/C=C2\SC(=O)N(CCNC(=O)CN(C)Cc3ccco3)C2=O)cc1OC. The molecule has 0 spiro atoms. The van der Waals surface area contributed by atoms with Gasteiger partial charge in [0.1, 0.15) is 5.76 Å². The summed E-state index contributed by atoms with van der Waals surface area (Å²) in [5.74, 6) is 1.27. The molecule has 3 amide bonds. The van der Waals surface area contributed by atoms with Crippen molar-refractivity contribution in [3.63, 3.8) is 0 Å². The van der Waals surface area contributed by atoms with Gasteiger partial charge < -0.3 is 19.2 Å². The van der Waals surface area contributed by atoms with Crippen molar-refractivity contribution in [3.8, 4) is 11.5 Å². The Morgan fingerprint density at radius 1 is 1.22 bits per heavy atom. The molecule has 1 fully saturated rings. The molecule has 10 heteroatoms. The number of furan rings is 1. The molecule has 0 bridgehead atoms. The number of rotatable bonds is 10. The van der Waals surface area contributed by atoms with Crippen molar-refractivity contribution in [2.24, 2.45) is 0 Å². The highest BCUT2D eigenvalue weighted by molar-refractivity contribution is 8.18. The van der Waals surface area contributed by atoms with Crippen LogP contribution in [0.25, 0.3) is 6.08 Å². The van der Waals surface area contributed by atoms with Crippen LogP contribution >= 0.6 is 11.8 Å². The van der Waals surface area contributed by atoms with E-state index in [0.29, 0.717) is 28.5 Å². The van der Waals surface area contributed by atoms with Gasteiger partial charge in [-0.15, -0.1) is 0 Å². The van der Waals surface area contributed by atoms with Crippen molar-refractivity contribution in [3.05, 3.63) is 52.8 Å². The number of imide groups is 1. The lowest BCUT2D eigenvalue weighted by atomic mass is 10.2. The number of benzene rings is 1. The van der Waals surface area contributed by atoms with E-state index in [9.17, 15) is 14.4 Å². The molecule has 0 aliphatic carbocycles. The first kappa shape index (κ1) is 23.4. The van der Waals surface area contributed by atoms with Gasteiger partial charge >= 0.3 is 0 Å². The summed E-state index contributed by atoms with van der Waals surface area (Å²) >= 11 is 0.867. The van der Waals surface area contributed by atoms with Gasteiger partial charge in [-0.1, -0.05) is 6.07 Å². The summed E-state index contributed by atoms with van der Waals surface area (Å²) in [6, 6.07) is 8.86. The molecule has 0 radical (unpaired) electrons. The third-order valence-corrected chi connectivity index (χ3v) is 5.56. The Morgan fingerprint density at radius 3 is 2.69 bits per heavy atom. The number of amides is 3. The van der Waals surface area contributed by atoms with Gasteiger partial charge in [-0.3, -0.25) is 24.2 Å². The molecule has 3 rings (SSSR count). The van der Waals surface area contributed by atoms with Gasteiger partial charge in [-0.05, 0) is 54.7 Å². The largest absolute Gasteiger partial charge is 0.493 e. The van der Waals surface area contributed by atoms with Crippen LogP contribution in [0.3, 0.4) is 0 Å². The van der Waals surface area contributed by atoms with Gasteiger partial charge in [0.05, 0.1) is 38.5 Å². The molecule has 9 nitrogen and oxygen atoms in total. The summed E-state index contributed by atoms with van der Waals surface area (Å²) in [4.78, 5) is 40.3. The van der Waals surface area contributed by atoms with Crippen molar-refractivity contribution in [2.45, 2.75) is 6.54 Å². The van der Waals surface area contributed by atoms with Gasteiger partial charge in [-0.25, -0.2) is 0 Å². The average molecular weight is 460 g/mol. The van der Waals surface area contributed by atoms with Crippen molar-refractivity contribution >= 4 is 34.9 Å². The summed E-state index contributed by atoms with van der Waals surface area (Å²) in [6.45, 7) is 0.947. The number of nitrogens with zero attached hydrogens (tertiary/aromatic N) is 2. The average Bonchev–Trinajstić information content (AvgIpc) is 3.36. The molecule has 32 heavy (non-hydrogen) atoms. The quantitative estimate of drug-likeness (QED) is 0.541. The predicted octanol–water partition coefficient (Wildman–Crippen LogP) is 2.58. The van der Waals surface area contributed by atoms with Crippen LogP contribution in [0, 0.1) is 0 Å². The van der Waals surface area contributed by atoms with Gasteiger partial charge in [0.2, 0.25) is 5.91 Å². The number of nitrogens with one attached hydrogen (secondary N) is 1. The Bertz CT molecular complexity index is 1010. The number of thioether (sulfide) groups is 1. The highest BCUT2D eigenvalue weighted by atomic mass is 32.2. The first-order valence-electron chi connectivity index (χ1n) is 9.86. The number of carbonyl (C=O) groups excluding carboxylic acids is 3. The van der Waals surface area contributed by atoms with E-state index >= 15 is 0 Å². The van der Waals surface area contributed by atoms with Gasteiger partial charge in [0.15, 0.2) is 11.5 Å². The minimum Gasteiger partial charge on any atom is -0.493 e. The lowest BCUT2D eigenvalue weighted by molar-refractivity contribution is -0.124. The maximum absolute atomic E-state index is 12.7. The molecule has 1 aliphatic rings. The van der Waals surface area contributed by atoms with E-state index in [4.69, 9.17) is 13.9 Å². The molecule has 0 atom stereocenters. The zero-order valence-electron chi connectivity index (χ0n) is 18.1. The normalized spacial score (nSPS) is 15.0. The summed E-state index contributed by atoms with van der Waals surface area (Å²) < 4.78 is 15.7. The Morgan fingerprint density at radius 2 is 2.00 bits per heavy atom. The van der Waals surface area contributed by atoms with E-state index in [-0.39, 0.29) is 36.7 Å². The maximum atomic E-state index is 12.7. The molecule has 2 aromatic rings. The van der Waals surface area contributed by atoms with E-state index in [1.54, 1.807) is 55.7 Å². The number of methoxy groups -OCH3 is 2. The number of ether oxygens (including phenoxy) is 2. The van der Waals surface area contributed by atoms with Crippen LogP contribution in [-0.4, -0.2) is 67.8 Å². The monoisotopic (exact) mass is 459 g/mol. The Balaban J connectivity index is 1.51. The van der Waals surface area contributed by atoms with Crippen LogP contribution in [0.5, 0.6) is 11.5 Å². The van der Waals surface area contributed by atoms with Crippen LogP contribution < -0.4 is 14.8 Å². The molecule has 0 saturated carbocycles. The van der Waals surface area contributed by atoms with E-state index in [0.717, 1.165) is 22.4 Å². The number of likely N-dealkylation sites (N-methyl/N-ethyl adjacent to an activating group) is 1. The number of hydrogen-bond donors (Lipinski definition) is 1. The maximum Gasteiger partial charge on any atom is 0.293 e. The first-order chi connectivity index (χ1) is 15.4. The molecule has 1 aromatic carbocycles. The topological polar surface area (TPSA) is 101 Å². The zero-order valence-corrected chi connectivity index (χ0v) is 18.9. The lowest BCUT2D eigenvalue weighted by Crippen LogP contribution is -2.40. The smallest absolute Gasteiger partial charge is 0.293 e. The molecular formula is C22H25N3O6S. The van der Waals surface area contributed by atoms with Crippen molar-refractivity contribution < 1.29 is 28.3 Å². The first-order valence-corrected chi connectivity index (χ1v) is 10.7. The van der Waals surface area contributed by atoms with Crippen molar-refractivity contribution in [1.29, 1.82) is 0 Å². The number of hydrogen-bond acceptors (Lipinski definition) is 8. The van der Waals surface area contributed by atoms with Crippen LogP contribution in [0.2, 0.25) is 0 Å². The van der Waals surface area contributed by atoms with Crippen molar-refractivity contribution in [2.75, 3.05) is 40.9 Å². The minimum absolute atomic E-state index is 0.0988. The van der Waals surface area contributed by atoms with E-state index < -0.39 is 0 Å². The second-order valence-corrected chi connectivity index (χ2v) is 8.04. The Labute approximate surface area is 190 Å². The summed E-state index contributed by atoms with van der Waals surface area (Å²) in [5.41, 5.74) is 0.709. The standard InChI is InChI=1S/C22H25N3O6S/c1-24(13-16-5-4-10-31-16)14-20(26)23-8-9-25-21(27)19(32-22(25)28)12-15-6-7-17(29-2)18(11-15)30-3/h4-7,10-12H,8-9,13-14H2,1-3H3,(H,23,26)/b19-12-. The zero-order chi connectivity index (χ0) is 23.1. The highest BCUT2D eigenvalue weighted by Crippen LogP contribution is 2.34. The second-order valence-electron chi connectivity index (χ2n) is 7.05. The molecule has 0 unspecified atom stereocenters. The third kappa shape index (κ3) is 5.92. The Kier molecular flexibility index (Phi) is 7.96. The van der Waals surface area contributed by atoms with E-state index in [1.165, 1.54) is 7.11 Å². The van der Waals surface area contributed by atoms with Crippen LogP contribution in [-0.2, 0) is 16.1 Å². The fraction of sp³-hybridized carbons (Fsp3) is 0.318. The molecular weight excluding hydrogens is 434 g/mol. The summed E-state index contributed by atoms with van der Waals surface area (Å²) in [5, 5.41) is 2.37. The van der Waals surface area contributed by atoms with Gasteiger partial charge in [0.25, 0.3) is 11.1 Å². The minimum atomic E-state index is -0.390. The summed E-state index contributed by atoms with van der Waals surface area (Å²) in [7, 11) is 4.87. The third-order valence-electron chi connectivity index (χ3n) is 4.66. The van der Waals surface area contributed by atoms with Crippen LogP contribution in [0.4, 0.5) is 4.79 Å². The van der Waals surface area contributed by atoms with Crippen LogP contribution in [0.1, 0.15) is 11.3 Å². The molecule has 1 saturated heterocycles. The molecule has 1 aliphatic heterocycles. The molecule has 170 valence electrons. The van der Waals surface area contributed by atoms with E-state index in [2.05, 4.69) is 5.32 Å².